The molecule has 7 heteroatoms. The third-order valence-corrected chi connectivity index (χ3v) is 6.06. The lowest BCUT2D eigenvalue weighted by Gasteiger charge is -2.30. The number of β-amino-alcohol motifs (C(OH)–C–C–N with tert-alkyl or cyclic N) is 1. The van der Waals surface area contributed by atoms with E-state index in [4.69, 9.17) is 9.72 Å². The lowest BCUT2D eigenvalue weighted by atomic mass is 9.94. The zero-order valence-corrected chi connectivity index (χ0v) is 19.3. The second-order valence-corrected chi connectivity index (χ2v) is 10.0. The number of hydrogen-bond acceptors (Lipinski definition) is 6. The van der Waals surface area contributed by atoms with E-state index >= 15 is 0 Å². The number of carbonyl (C=O) groups excluding carboxylic acids is 1. The molecule has 1 aromatic heterocycles. The molecular formula is C25H34N4O3. The van der Waals surface area contributed by atoms with Crippen molar-refractivity contribution in [3.8, 4) is 0 Å². The van der Waals surface area contributed by atoms with Gasteiger partial charge in [-0.05, 0) is 30.0 Å². The minimum atomic E-state index is -0.639. The van der Waals surface area contributed by atoms with Gasteiger partial charge in [0.25, 0.3) is 5.91 Å². The van der Waals surface area contributed by atoms with Crippen LogP contribution < -0.4 is 5.32 Å². The first-order valence-corrected chi connectivity index (χ1v) is 11.5. The smallest absolute Gasteiger partial charge is 0.270 e. The molecule has 0 bridgehead atoms. The summed E-state index contributed by atoms with van der Waals surface area (Å²) in [5, 5.41) is 13.4. The Morgan fingerprint density at radius 2 is 2.00 bits per heavy atom. The van der Waals surface area contributed by atoms with Crippen LogP contribution in [0, 0.1) is 5.92 Å². The molecule has 1 saturated heterocycles. The number of nitrogens with one attached hydrogen (secondary N) is 1. The Bertz CT molecular complexity index is 952. The second kappa shape index (κ2) is 9.65. The molecular weight excluding hydrogens is 404 g/mol. The molecule has 4 rings (SSSR count). The van der Waals surface area contributed by atoms with Gasteiger partial charge in [-0.1, -0.05) is 45.0 Å². The minimum Gasteiger partial charge on any atom is -0.390 e. The summed E-state index contributed by atoms with van der Waals surface area (Å²) in [5.74, 6) is 0.838. The first kappa shape index (κ1) is 22.8. The molecule has 1 atom stereocenters. The summed E-state index contributed by atoms with van der Waals surface area (Å²) in [4.78, 5) is 24.3. The molecule has 3 heterocycles. The fraction of sp³-hybridized carbons (Fsp3) is 0.560. The summed E-state index contributed by atoms with van der Waals surface area (Å²) in [7, 11) is 0. The number of fused-ring (bicyclic) bond motifs is 1. The van der Waals surface area contributed by atoms with E-state index in [9.17, 15) is 9.90 Å². The number of benzene rings is 1. The number of carbonyl (C=O) groups is 1. The molecule has 7 nitrogen and oxygen atoms in total. The molecule has 0 aliphatic carbocycles. The summed E-state index contributed by atoms with van der Waals surface area (Å²) < 4.78 is 5.27. The molecule has 2 aromatic rings. The van der Waals surface area contributed by atoms with Crippen molar-refractivity contribution >= 4 is 5.91 Å². The Labute approximate surface area is 190 Å². The molecule has 0 spiro atoms. The van der Waals surface area contributed by atoms with E-state index in [0.717, 1.165) is 44.8 Å². The Balaban J connectivity index is 1.35. The van der Waals surface area contributed by atoms with Crippen molar-refractivity contribution in [1.29, 1.82) is 0 Å². The van der Waals surface area contributed by atoms with E-state index in [-0.39, 0.29) is 17.9 Å². The minimum absolute atomic E-state index is 0.192. The van der Waals surface area contributed by atoms with Crippen molar-refractivity contribution in [1.82, 2.24) is 20.2 Å². The standard InChI is InChI=1S/C25H34N4O3/c1-25(2,3)24-27-20(10-17-15-32-16-17)11-22(28-24)23(31)26-12-21(30)14-29-9-8-18-6-4-5-7-19(18)13-29/h4-7,11,17,21,30H,8-10,12-16H2,1-3H3,(H,26,31)/t21-/m0/s1. The van der Waals surface area contributed by atoms with E-state index in [2.05, 4.69) is 39.5 Å². The van der Waals surface area contributed by atoms with Crippen molar-refractivity contribution in [3.05, 3.63) is 58.7 Å². The number of aliphatic hydroxyl groups excluding tert-OH is 1. The van der Waals surface area contributed by atoms with Crippen LogP contribution in [0.2, 0.25) is 0 Å². The van der Waals surface area contributed by atoms with Gasteiger partial charge in [-0.2, -0.15) is 0 Å². The number of aliphatic hydroxyl groups is 1. The lowest BCUT2D eigenvalue weighted by molar-refractivity contribution is -0.0317. The highest BCUT2D eigenvalue weighted by Gasteiger charge is 2.25. The molecule has 2 aliphatic heterocycles. The number of amides is 1. The molecule has 1 aromatic carbocycles. The lowest BCUT2D eigenvalue weighted by Crippen LogP contribution is -2.42. The monoisotopic (exact) mass is 438 g/mol. The maximum atomic E-state index is 12.9. The van der Waals surface area contributed by atoms with Crippen LogP contribution in [0.15, 0.2) is 30.3 Å². The Hall–Kier alpha value is -2.35. The van der Waals surface area contributed by atoms with E-state index in [1.165, 1.54) is 11.1 Å². The van der Waals surface area contributed by atoms with E-state index in [1.807, 2.05) is 20.8 Å². The van der Waals surface area contributed by atoms with Gasteiger partial charge in [-0.15, -0.1) is 0 Å². The highest BCUT2D eigenvalue weighted by molar-refractivity contribution is 5.92. The van der Waals surface area contributed by atoms with Gasteiger partial charge in [0.2, 0.25) is 0 Å². The SMILES string of the molecule is CC(C)(C)c1nc(CC2COC2)cc(C(=O)NC[C@H](O)CN2CCc3ccccc3C2)n1. The first-order chi connectivity index (χ1) is 15.3. The van der Waals surface area contributed by atoms with Crippen LogP contribution >= 0.6 is 0 Å². The van der Waals surface area contributed by atoms with Crippen LogP contribution in [0.5, 0.6) is 0 Å². The summed E-state index contributed by atoms with van der Waals surface area (Å²) >= 11 is 0. The average Bonchev–Trinajstić information content (AvgIpc) is 2.73. The summed E-state index contributed by atoms with van der Waals surface area (Å²) in [6, 6.07) is 10.2. The highest BCUT2D eigenvalue weighted by atomic mass is 16.5. The van der Waals surface area contributed by atoms with Crippen molar-refractivity contribution in [2.45, 2.75) is 51.7 Å². The van der Waals surface area contributed by atoms with Crippen LogP contribution in [-0.4, -0.2) is 64.8 Å². The average molecular weight is 439 g/mol. The van der Waals surface area contributed by atoms with Crippen LogP contribution in [0.3, 0.4) is 0 Å². The molecule has 32 heavy (non-hydrogen) atoms. The predicted octanol–water partition coefficient (Wildman–Crippen LogP) is 2.11. The van der Waals surface area contributed by atoms with Crippen molar-refractivity contribution in [2.75, 3.05) is 32.8 Å². The Morgan fingerprint density at radius 1 is 1.25 bits per heavy atom. The van der Waals surface area contributed by atoms with Crippen LogP contribution in [0.4, 0.5) is 0 Å². The molecule has 1 fully saturated rings. The van der Waals surface area contributed by atoms with Crippen molar-refractivity contribution < 1.29 is 14.6 Å². The van der Waals surface area contributed by atoms with Gasteiger partial charge in [0.05, 0.1) is 19.3 Å². The van der Waals surface area contributed by atoms with Gasteiger partial charge >= 0.3 is 0 Å². The predicted molar refractivity (Wildman–Crippen MR) is 123 cm³/mol. The molecule has 172 valence electrons. The first-order valence-electron chi connectivity index (χ1n) is 11.5. The number of nitrogens with zero attached hydrogens (tertiary/aromatic N) is 3. The maximum absolute atomic E-state index is 12.9. The Morgan fingerprint density at radius 3 is 2.69 bits per heavy atom. The molecule has 0 radical (unpaired) electrons. The number of aromatic nitrogens is 2. The third kappa shape index (κ3) is 5.71. The van der Waals surface area contributed by atoms with Crippen molar-refractivity contribution in [2.24, 2.45) is 5.92 Å². The van der Waals surface area contributed by atoms with Gasteiger partial charge in [0.1, 0.15) is 11.5 Å². The summed E-state index contributed by atoms with van der Waals surface area (Å²) in [6.45, 7) is 10.1. The molecule has 2 N–H and O–H groups in total. The quantitative estimate of drug-likeness (QED) is 0.689. The van der Waals surface area contributed by atoms with Gasteiger partial charge < -0.3 is 15.2 Å². The fourth-order valence-corrected chi connectivity index (χ4v) is 4.13. The van der Waals surface area contributed by atoms with Gasteiger partial charge in [-0.3, -0.25) is 9.69 Å². The molecule has 2 aliphatic rings. The van der Waals surface area contributed by atoms with Crippen LogP contribution in [0.1, 0.15) is 53.9 Å². The van der Waals surface area contributed by atoms with Gasteiger partial charge in [-0.25, -0.2) is 9.97 Å². The largest absolute Gasteiger partial charge is 0.390 e. The summed E-state index contributed by atoms with van der Waals surface area (Å²) in [6.07, 6.45) is 1.13. The van der Waals surface area contributed by atoms with Gasteiger partial charge in [0, 0.05) is 43.2 Å². The fourth-order valence-electron chi connectivity index (χ4n) is 4.13. The summed E-state index contributed by atoms with van der Waals surface area (Å²) in [5.41, 5.74) is 3.67. The molecule has 1 amide bonds. The molecule has 0 unspecified atom stereocenters. The second-order valence-electron chi connectivity index (χ2n) is 10.0. The number of hydrogen-bond donors (Lipinski definition) is 2. The highest BCUT2D eigenvalue weighted by Crippen LogP contribution is 2.22. The van der Waals surface area contributed by atoms with E-state index in [0.29, 0.717) is 24.0 Å². The Kier molecular flexibility index (Phi) is 6.88. The van der Waals surface area contributed by atoms with Crippen molar-refractivity contribution in [3.63, 3.8) is 0 Å². The van der Waals surface area contributed by atoms with E-state index < -0.39 is 6.10 Å². The normalized spacial score (nSPS) is 18.0. The number of ether oxygens (including phenoxy) is 1. The maximum Gasteiger partial charge on any atom is 0.270 e. The third-order valence-electron chi connectivity index (χ3n) is 6.06. The van der Waals surface area contributed by atoms with Gasteiger partial charge in [0.15, 0.2) is 0 Å². The van der Waals surface area contributed by atoms with Crippen LogP contribution in [0.25, 0.3) is 0 Å². The molecule has 0 saturated carbocycles. The topological polar surface area (TPSA) is 87.6 Å². The number of rotatable bonds is 7. The zero-order valence-electron chi connectivity index (χ0n) is 19.3. The van der Waals surface area contributed by atoms with Crippen LogP contribution in [-0.2, 0) is 29.5 Å². The zero-order chi connectivity index (χ0) is 22.7. The van der Waals surface area contributed by atoms with E-state index in [1.54, 1.807) is 6.07 Å².